The van der Waals surface area contributed by atoms with Crippen LogP contribution in [0.5, 0.6) is 0 Å². The minimum atomic E-state index is -1.22. The molecule has 7 heteroatoms. The van der Waals surface area contributed by atoms with Gasteiger partial charge in [-0.05, 0) is 37.9 Å². The van der Waals surface area contributed by atoms with Gasteiger partial charge in [0, 0.05) is 17.7 Å². The summed E-state index contributed by atoms with van der Waals surface area (Å²) in [7, 11) is 0. The summed E-state index contributed by atoms with van der Waals surface area (Å²) in [5, 5.41) is 0. The molecule has 0 spiro atoms. The van der Waals surface area contributed by atoms with Crippen molar-refractivity contribution in [2.45, 2.75) is 0 Å². The summed E-state index contributed by atoms with van der Waals surface area (Å²) in [5.74, 6) is -4.33. The maximum absolute atomic E-state index is 13.5. The number of carbonyl (C=O) groups is 1. The standard InChI is InChI=1S/C11H3Br2F3OS/c12-8-3-5(11(13)18-8)10(17)9-6(15)1-4(14)2-7(9)16/h1-3H. The van der Waals surface area contributed by atoms with Gasteiger partial charge in [0.15, 0.2) is 0 Å². The van der Waals surface area contributed by atoms with Crippen molar-refractivity contribution in [3.8, 4) is 0 Å². The second-order valence-corrected chi connectivity index (χ2v) is 7.06. The summed E-state index contributed by atoms with van der Waals surface area (Å²) in [5.41, 5.74) is -0.640. The maximum atomic E-state index is 13.5. The average Bonchev–Trinajstić information content (AvgIpc) is 2.56. The lowest BCUT2D eigenvalue weighted by Crippen LogP contribution is -2.07. The highest BCUT2D eigenvalue weighted by molar-refractivity contribution is 9.12. The average molecular weight is 400 g/mol. The van der Waals surface area contributed by atoms with E-state index >= 15 is 0 Å². The molecule has 0 saturated carbocycles. The summed E-state index contributed by atoms with van der Waals surface area (Å²) in [4.78, 5) is 12.0. The van der Waals surface area contributed by atoms with E-state index < -0.39 is 28.8 Å². The number of benzene rings is 1. The Labute approximate surface area is 121 Å². The molecule has 94 valence electrons. The Kier molecular flexibility index (Phi) is 3.93. The van der Waals surface area contributed by atoms with E-state index in [1.54, 1.807) is 0 Å². The van der Waals surface area contributed by atoms with Gasteiger partial charge in [0.25, 0.3) is 0 Å². The quantitative estimate of drug-likeness (QED) is 0.655. The molecule has 1 aromatic heterocycles. The lowest BCUT2D eigenvalue weighted by Gasteiger charge is -2.03. The Hall–Kier alpha value is -0.660. The van der Waals surface area contributed by atoms with E-state index in [0.29, 0.717) is 19.7 Å². The Morgan fingerprint density at radius 1 is 1.06 bits per heavy atom. The molecule has 0 aliphatic rings. The number of thiophene rings is 1. The molecule has 2 aromatic rings. The molecular weight excluding hydrogens is 397 g/mol. The van der Waals surface area contributed by atoms with Gasteiger partial charge in [0.05, 0.1) is 13.1 Å². The molecule has 1 heterocycles. The number of hydrogen-bond donors (Lipinski definition) is 0. The molecule has 1 nitrogen and oxygen atoms in total. The van der Waals surface area contributed by atoms with Crippen LogP contribution in [0.2, 0.25) is 0 Å². The van der Waals surface area contributed by atoms with Gasteiger partial charge in [0.1, 0.15) is 17.5 Å². The molecule has 0 aliphatic heterocycles. The molecule has 0 aliphatic carbocycles. The summed E-state index contributed by atoms with van der Waals surface area (Å²) in [6.07, 6.45) is 0. The molecule has 0 radical (unpaired) electrons. The minimum absolute atomic E-state index is 0.122. The van der Waals surface area contributed by atoms with Crippen LogP contribution in [-0.4, -0.2) is 5.78 Å². The fourth-order valence-electron chi connectivity index (χ4n) is 1.39. The third kappa shape index (κ3) is 2.53. The molecular formula is C11H3Br2F3OS. The molecule has 1 aromatic carbocycles. The Balaban J connectivity index is 2.56. The zero-order chi connectivity index (χ0) is 13.4. The van der Waals surface area contributed by atoms with Gasteiger partial charge in [-0.1, -0.05) is 0 Å². The minimum Gasteiger partial charge on any atom is -0.288 e. The molecule has 0 bridgehead atoms. The summed E-state index contributed by atoms with van der Waals surface area (Å²) < 4.78 is 40.8. The third-order valence-corrected chi connectivity index (χ3v) is 4.47. The van der Waals surface area contributed by atoms with Crippen molar-refractivity contribution in [2.24, 2.45) is 0 Å². The third-order valence-electron chi connectivity index (χ3n) is 2.14. The monoisotopic (exact) mass is 398 g/mol. The van der Waals surface area contributed by atoms with Crippen LogP contribution in [-0.2, 0) is 0 Å². The van der Waals surface area contributed by atoms with Gasteiger partial charge in [-0.15, -0.1) is 11.3 Å². The van der Waals surface area contributed by atoms with Crippen molar-refractivity contribution < 1.29 is 18.0 Å². The van der Waals surface area contributed by atoms with Crippen molar-refractivity contribution in [1.82, 2.24) is 0 Å². The van der Waals surface area contributed by atoms with E-state index in [2.05, 4.69) is 31.9 Å². The van der Waals surface area contributed by atoms with Crippen LogP contribution in [0.1, 0.15) is 15.9 Å². The smallest absolute Gasteiger partial charge is 0.200 e. The lowest BCUT2D eigenvalue weighted by atomic mass is 10.0. The number of halogens is 5. The van der Waals surface area contributed by atoms with Gasteiger partial charge >= 0.3 is 0 Å². The molecule has 0 N–H and O–H groups in total. The predicted molar refractivity (Wildman–Crippen MR) is 69.5 cm³/mol. The lowest BCUT2D eigenvalue weighted by molar-refractivity contribution is 0.103. The fraction of sp³-hybridized carbons (Fsp3) is 0. The van der Waals surface area contributed by atoms with Crippen LogP contribution in [0, 0.1) is 17.5 Å². The predicted octanol–water partition coefficient (Wildman–Crippen LogP) is 4.92. The second-order valence-electron chi connectivity index (χ2n) is 3.31. The van der Waals surface area contributed by atoms with E-state index in [1.165, 1.54) is 17.4 Å². The Morgan fingerprint density at radius 3 is 2.06 bits per heavy atom. The number of hydrogen-bond acceptors (Lipinski definition) is 2. The fourth-order valence-corrected chi connectivity index (χ4v) is 4.18. The first-order valence-electron chi connectivity index (χ1n) is 4.54. The van der Waals surface area contributed by atoms with E-state index in [9.17, 15) is 18.0 Å². The molecule has 0 amide bonds. The van der Waals surface area contributed by atoms with E-state index in [1.807, 2.05) is 0 Å². The number of carbonyl (C=O) groups excluding carboxylic acids is 1. The van der Waals surface area contributed by atoms with Crippen LogP contribution in [0.4, 0.5) is 13.2 Å². The zero-order valence-electron chi connectivity index (χ0n) is 8.44. The van der Waals surface area contributed by atoms with Crippen LogP contribution in [0.25, 0.3) is 0 Å². The largest absolute Gasteiger partial charge is 0.288 e. The van der Waals surface area contributed by atoms with Crippen molar-refractivity contribution in [3.63, 3.8) is 0 Å². The van der Waals surface area contributed by atoms with Gasteiger partial charge in [0.2, 0.25) is 5.78 Å². The molecule has 0 saturated heterocycles. The van der Waals surface area contributed by atoms with Crippen molar-refractivity contribution in [2.75, 3.05) is 0 Å². The van der Waals surface area contributed by atoms with Gasteiger partial charge in [-0.2, -0.15) is 0 Å². The molecule has 18 heavy (non-hydrogen) atoms. The van der Waals surface area contributed by atoms with Crippen LogP contribution in [0.3, 0.4) is 0 Å². The highest BCUT2D eigenvalue weighted by Crippen LogP contribution is 2.34. The Bertz CT molecular complexity index is 616. The normalized spacial score (nSPS) is 10.7. The van der Waals surface area contributed by atoms with Crippen LogP contribution < -0.4 is 0 Å². The second kappa shape index (κ2) is 5.14. The number of rotatable bonds is 2. The maximum Gasteiger partial charge on any atom is 0.200 e. The van der Waals surface area contributed by atoms with Crippen molar-refractivity contribution >= 4 is 49.0 Å². The van der Waals surface area contributed by atoms with Gasteiger partial charge in [-0.25, -0.2) is 13.2 Å². The van der Waals surface area contributed by atoms with Crippen LogP contribution >= 0.6 is 43.2 Å². The molecule has 2 rings (SSSR count). The molecule has 0 unspecified atom stereocenters. The molecule has 0 atom stereocenters. The summed E-state index contributed by atoms with van der Waals surface area (Å²) >= 11 is 7.49. The van der Waals surface area contributed by atoms with E-state index in [-0.39, 0.29) is 5.56 Å². The topological polar surface area (TPSA) is 17.1 Å². The number of ketones is 1. The Morgan fingerprint density at radius 2 is 1.61 bits per heavy atom. The molecule has 0 fully saturated rings. The highest BCUT2D eigenvalue weighted by atomic mass is 79.9. The highest BCUT2D eigenvalue weighted by Gasteiger charge is 2.23. The van der Waals surface area contributed by atoms with E-state index in [0.717, 1.165) is 0 Å². The summed E-state index contributed by atoms with van der Waals surface area (Å²) in [6.45, 7) is 0. The van der Waals surface area contributed by atoms with Gasteiger partial charge < -0.3 is 0 Å². The van der Waals surface area contributed by atoms with Crippen molar-refractivity contribution in [3.05, 3.63) is 54.4 Å². The first-order valence-corrected chi connectivity index (χ1v) is 6.94. The SMILES string of the molecule is O=C(c1cc(Br)sc1Br)c1c(F)cc(F)cc1F. The first kappa shape index (κ1) is 13.8. The van der Waals surface area contributed by atoms with E-state index in [4.69, 9.17) is 0 Å². The van der Waals surface area contributed by atoms with Crippen LogP contribution in [0.15, 0.2) is 25.8 Å². The first-order chi connectivity index (χ1) is 8.40. The van der Waals surface area contributed by atoms with Gasteiger partial charge in [-0.3, -0.25) is 4.79 Å². The zero-order valence-corrected chi connectivity index (χ0v) is 12.4. The van der Waals surface area contributed by atoms with Crippen molar-refractivity contribution in [1.29, 1.82) is 0 Å². The summed E-state index contributed by atoms with van der Waals surface area (Å²) in [6, 6.07) is 2.40.